The largest absolute Gasteiger partial charge is 0.326 e. The van der Waals surface area contributed by atoms with Crippen molar-refractivity contribution >= 4 is 21.5 Å². The van der Waals surface area contributed by atoms with Crippen molar-refractivity contribution in [3.05, 3.63) is 34.4 Å². The van der Waals surface area contributed by atoms with Gasteiger partial charge >= 0.3 is 0 Å². The van der Waals surface area contributed by atoms with E-state index in [9.17, 15) is 9.66 Å². The number of rotatable bonds is 1. The third-order valence-electron chi connectivity index (χ3n) is 5.06. The average Bonchev–Trinajstić information content (AvgIpc) is 2.77. The first-order valence-corrected chi connectivity index (χ1v) is 12.1. The predicted octanol–water partition coefficient (Wildman–Crippen LogP) is 3.75. The van der Waals surface area contributed by atoms with Crippen LogP contribution in [-0.2, 0) is 0 Å². The standard InChI is InChI=1S/C19H31ClN2O2S.CH6N2/c1-16-12-18(20)14-19(13-17(16)2)21-8-6-4-5-7-9-22(11-10-21)25(3,24)15-23;1-3-2/h12-14,19,23-24H,4-11H2,1-3H3;3H,2H2,1H3. The normalized spacial score (nSPS) is 25.0. The van der Waals surface area contributed by atoms with Crippen molar-refractivity contribution < 1.29 is 9.66 Å². The van der Waals surface area contributed by atoms with Crippen molar-refractivity contribution in [2.45, 2.75) is 45.6 Å². The molecule has 1 heterocycles. The summed E-state index contributed by atoms with van der Waals surface area (Å²) in [6.07, 6.45) is 12.6. The highest BCUT2D eigenvalue weighted by Gasteiger charge is 2.21. The number of hydrogen-bond donors (Lipinski definition) is 4. The number of aliphatic hydroxyl groups excluding tert-OH is 1. The summed E-state index contributed by atoms with van der Waals surface area (Å²) in [5, 5.41) is 12.2. The van der Waals surface area contributed by atoms with Crippen molar-refractivity contribution in [1.82, 2.24) is 14.6 Å². The van der Waals surface area contributed by atoms with Crippen LogP contribution < -0.4 is 11.3 Å². The van der Waals surface area contributed by atoms with Crippen molar-refractivity contribution in [1.29, 1.82) is 0 Å². The van der Waals surface area contributed by atoms with Crippen LogP contribution in [-0.4, -0.2) is 64.4 Å². The van der Waals surface area contributed by atoms with Gasteiger partial charge in [-0.05, 0) is 67.9 Å². The number of allylic oxidation sites excluding steroid dienone is 4. The lowest BCUT2D eigenvalue weighted by Gasteiger charge is -2.35. The molecule has 2 unspecified atom stereocenters. The average molecular weight is 433 g/mol. The first-order chi connectivity index (χ1) is 13.2. The molecule has 28 heavy (non-hydrogen) atoms. The van der Waals surface area contributed by atoms with E-state index in [0.29, 0.717) is 6.54 Å². The molecule has 0 spiro atoms. The molecule has 0 aromatic heterocycles. The van der Waals surface area contributed by atoms with Crippen LogP contribution in [0.4, 0.5) is 0 Å². The van der Waals surface area contributed by atoms with E-state index in [1.807, 2.05) is 10.4 Å². The number of nitrogens with one attached hydrogen (secondary N) is 1. The van der Waals surface area contributed by atoms with Crippen molar-refractivity contribution in [3.63, 3.8) is 0 Å². The SMILES string of the molecule is CC1=CC(Cl)=CC(N2CCCCCCN(S(C)(O)#CO)CC2)C=C1C.CNN. The zero-order valence-corrected chi connectivity index (χ0v) is 19.2. The molecule has 1 fully saturated rings. The topological polar surface area (TPSA) is 85.0 Å². The number of halogens is 1. The van der Waals surface area contributed by atoms with Gasteiger partial charge in [0.2, 0.25) is 0 Å². The molecule has 162 valence electrons. The van der Waals surface area contributed by atoms with Crippen LogP contribution in [0, 0.1) is 5.37 Å². The van der Waals surface area contributed by atoms with E-state index in [1.54, 1.807) is 13.3 Å². The fourth-order valence-corrected chi connectivity index (χ4v) is 4.64. The Labute approximate surface area is 176 Å². The smallest absolute Gasteiger partial charge is 0.0631 e. The molecular weight excluding hydrogens is 396 g/mol. The summed E-state index contributed by atoms with van der Waals surface area (Å²) in [6, 6.07) is 0.157. The molecule has 0 aromatic carbocycles. The third-order valence-corrected chi connectivity index (χ3v) is 7.02. The first kappa shape index (κ1) is 25.4. The fraction of sp³-hybridized carbons (Fsp3) is 0.650. The molecule has 2 rings (SSSR count). The van der Waals surface area contributed by atoms with Gasteiger partial charge in [0.1, 0.15) is 0 Å². The minimum atomic E-state index is -2.34. The Morgan fingerprint density at radius 2 is 1.71 bits per heavy atom. The van der Waals surface area contributed by atoms with Gasteiger partial charge in [-0.2, -0.15) is 0 Å². The van der Waals surface area contributed by atoms with Crippen LogP contribution in [0.15, 0.2) is 34.4 Å². The number of nitrogens with two attached hydrogens (primary N) is 1. The van der Waals surface area contributed by atoms with Crippen LogP contribution in [0.3, 0.4) is 0 Å². The second-order valence-electron chi connectivity index (χ2n) is 7.31. The number of nitrogens with zero attached hydrogens (tertiary/aromatic N) is 2. The number of hydrogen-bond acceptors (Lipinski definition) is 6. The monoisotopic (exact) mass is 432 g/mol. The summed E-state index contributed by atoms with van der Waals surface area (Å²) in [4.78, 5) is 2.42. The second kappa shape index (κ2) is 12.9. The Morgan fingerprint density at radius 1 is 1.11 bits per heavy atom. The Balaban J connectivity index is 0.00000122. The Morgan fingerprint density at radius 3 is 2.32 bits per heavy atom. The maximum Gasteiger partial charge on any atom is 0.0631 e. The molecule has 1 saturated heterocycles. The summed E-state index contributed by atoms with van der Waals surface area (Å²) < 4.78 is 12.4. The maximum atomic E-state index is 10.5. The van der Waals surface area contributed by atoms with Gasteiger partial charge in [-0.25, -0.2) is 4.31 Å². The molecule has 5 N–H and O–H groups in total. The van der Waals surface area contributed by atoms with Gasteiger partial charge < -0.3 is 9.66 Å². The van der Waals surface area contributed by atoms with Crippen LogP contribution in [0.1, 0.15) is 39.5 Å². The van der Waals surface area contributed by atoms with Crippen LogP contribution in [0.2, 0.25) is 0 Å². The minimum absolute atomic E-state index is 0.157. The van der Waals surface area contributed by atoms with Crippen LogP contribution in [0.25, 0.3) is 0 Å². The Bertz CT molecular complexity index is 697. The third kappa shape index (κ3) is 8.41. The molecule has 1 aliphatic carbocycles. The van der Waals surface area contributed by atoms with Crippen molar-refractivity contribution in [3.8, 4) is 5.37 Å². The Hall–Kier alpha value is -0.600. The van der Waals surface area contributed by atoms with Crippen molar-refractivity contribution in [2.24, 2.45) is 5.84 Å². The summed E-state index contributed by atoms with van der Waals surface area (Å²) in [6.45, 7) is 7.53. The van der Waals surface area contributed by atoms with Crippen LogP contribution in [0.5, 0.6) is 0 Å². The van der Waals surface area contributed by atoms with Gasteiger partial charge in [0, 0.05) is 37.0 Å². The van der Waals surface area contributed by atoms with Gasteiger partial charge in [-0.3, -0.25) is 16.2 Å². The molecule has 8 heteroatoms. The van der Waals surface area contributed by atoms with E-state index in [4.69, 9.17) is 11.6 Å². The van der Waals surface area contributed by atoms with E-state index < -0.39 is 9.90 Å². The van der Waals surface area contributed by atoms with Crippen LogP contribution >= 0.6 is 21.5 Å². The molecule has 0 aromatic rings. The minimum Gasteiger partial charge on any atom is -0.326 e. The van der Waals surface area contributed by atoms with Gasteiger partial charge in [0.25, 0.3) is 0 Å². The van der Waals surface area contributed by atoms with Gasteiger partial charge in [0.05, 0.1) is 5.37 Å². The van der Waals surface area contributed by atoms with E-state index in [0.717, 1.165) is 37.5 Å². The molecule has 2 aliphatic rings. The zero-order valence-electron chi connectivity index (χ0n) is 17.6. The van der Waals surface area contributed by atoms with E-state index in [1.165, 1.54) is 24.0 Å². The highest BCUT2D eigenvalue weighted by molar-refractivity contribution is 8.16. The van der Waals surface area contributed by atoms with E-state index in [2.05, 4.69) is 47.5 Å². The predicted molar refractivity (Wildman–Crippen MR) is 122 cm³/mol. The number of hydrazine groups is 1. The molecule has 2 atom stereocenters. The van der Waals surface area contributed by atoms with Gasteiger partial charge in [-0.15, -0.1) is 0 Å². The molecule has 0 radical (unpaired) electrons. The lowest BCUT2D eigenvalue weighted by Crippen LogP contribution is -2.40. The van der Waals surface area contributed by atoms with Crippen molar-refractivity contribution in [2.75, 3.05) is 39.5 Å². The maximum absolute atomic E-state index is 10.5. The molecular formula is C20H37ClN4O2S. The lowest BCUT2D eigenvalue weighted by atomic mass is 10.1. The molecule has 0 amide bonds. The first-order valence-electron chi connectivity index (χ1n) is 9.77. The Kier molecular flexibility index (Phi) is 11.7. The lowest BCUT2D eigenvalue weighted by molar-refractivity contribution is 0.223. The highest BCUT2D eigenvalue weighted by Crippen LogP contribution is 2.30. The van der Waals surface area contributed by atoms with E-state index >= 15 is 0 Å². The summed E-state index contributed by atoms with van der Waals surface area (Å²) in [5.74, 6) is 4.60. The molecule has 0 saturated carbocycles. The summed E-state index contributed by atoms with van der Waals surface area (Å²) >= 11 is 6.39. The summed E-state index contributed by atoms with van der Waals surface area (Å²) in [7, 11) is -0.683. The quantitative estimate of drug-likeness (QED) is 0.373. The molecule has 6 nitrogen and oxygen atoms in total. The van der Waals surface area contributed by atoms with E-state index in [-0.39, 0.29) is 6.04 Å². The molecule has 0 bridgehead atoms. The second-order valence-corrected chi connectivity index (χ2v) is 10.1. The fourth-order valence-electron chi connectivity index (χ4n) is 3.31. The summed E-state index contributed by atoms with van der Waals surface area (Å²) in [5.41, 5.74) is 4.70. The van der Waals surface area contributed by atoms with Gasteiger partial charge in [-0.1, -0.05) is 36.1 Å². The van der Waals surface area contributed by atoms with Gasteiger partial charge in [0.15, 0.2) is 0 Å². The molecule has 1 aliphatic heterocycles. The zero-order chi connectivity index (χ0) is 21.2. The number of aliphatic hydroxyl groups is 1. The highest BCUT2D eigenvalue weighted by atomic mass is 35.5.